The highest BCUT2D eigenvalue weighted by Crippen LogP contribution is 2.33. The van der Waals surface area contributed by atoms with Crippen LogP contribution in [0.1, 0.15) is 25.3 Å². The molecule has 0 saturated heterocycles. The van der Waals surface area contributed by atoms with E-state index in [2.05, 4.69) is 30.4 Å². The van der Waals surface area contributed by atoms with E-state index >= 15 is 0 Å². The molecular formula is C13H16N2. The normalized spacial score (nSPS) is 16.8. The van der Waals surface area contributed by atoms with Gasteiger partial charge in [-0.15, -0.1) is 0 Å². The average Bonchev–Trinajstić information content (AvgIpc) is 3.04. The Bertz CT molecular complexity index is 357. The van der Waals surface area contributed by atoms with Crippen molar-refractivity contribution in [2.24, 2.45) is 5.92 Å². The van der Waals surface area contributed by atoms with Gasteiger partial charge in [-0.25, -0.2) is 0 Å². The second kappa shape index (κ2) is 4.35. The van der Waals surface area contributed by atoms with Gasteiger partial charge in [0.25, 0.3) is 0 Å². The van der Waals surface area contributed by atoms with Crippen molar-refractivity contribution in [2.75, 3.05) is 5.32 Å². The summed E-state index contributed by atoms with van der Waals surface area (Å²) in [5, 5.41) is 12.0. The molecule has 1 fully saturated rings. The fourth-order valence-electron chi connectivity index (χ4n) is 1.79. The molecule has 2 rings (SSSR count). The predicted octanol–water partition coefficient (Wildman–Crippen LogP) is 2.96. The monoisotopic (exact) mass is 200 g/mol. The summed E-state index contributed by atoms with van der Waals surface area (Å²) >= 11 is 0. The van der Waals surface area contributed by atoms with Crippen LogP contribution in [0.5, 0.6) is 0 Å². The number of hydrogen-bond acceptors (Lipinski definition) is 2. The van der Waals surface area contributed by atoms with Gasteiger partial charge in [-0.05, 0) is 43.4 Å². The molecular weight excluding hydrogens is 184 g/mol. The average molecular weight is 200 g/mol. The molecule has 1 unspecified atom stereocenters. The Hall–Kier alpha value is -1.49. The minimum Gasteiger partial charge on any atom is -0.382 e. The second-order valence-corrected chi connectivity index (χ2v) is 4.30. The summed E-state index contributed by atoms with van der Waals surface area (Å²) in [6.45, 7) is 2.24. The van der Waals surface area contributed by atoms with E-state index in [1.165, 1.54) is 12.8 Å². The molecule has 0 aromatic heterocycles. The van der Waals surface area contributed by atoms with E-state index in [1.54, 1.807) is 0 Å². The first-order chi connectivity index (χ1) is 7.29. The van der Waals surface area contributed by atoms with E-state index in [9.17, 15) is 0 Å². The molecule has 1 saturated carbocycles. The van der Waals surface area contributed by atoms with E-state index < -0.39 is 0 Å². The fraction of sp³-hybridized carbons (Fsp3) is 0.462. The molecule has 0 aliphatic heterocycles. The molecule has 0 radical (unpaired) electrons. The van der Waals surface area contributed by atoms with Crippen molar-refractivity contribution < 1.29 is 0 Å². The molecule has 1 atom stereocenters. The van der Waals surface area contributed by atoms with Gasteiger partial charge in [0, 0.05) is 11.7 Å². The zero-order valence-corrected chi connectivity index (χ0v) is 9.03. The zero-order valence-electron chi connectivity index (χ0n) is 9.03. The third-order valence-electron chi connectivity index (χ3n) is 2.96. The third-order valence-corrected chi connectivity index (χ3v) is 2.96. The van der Waals surface area contributed by atoms with Crippen LogP contribution < -0.4 is 5.32 Å². The van der Waals surface area contributed by atoms with Crippen LogP contribution >= 0.6 is 0 Å². The van der Waals surface area contributed by atoms with E-state index in [0.717, 1.165) is 17.2 Å². The molecule has 0 amide bonds. The lowest BCUT2D eigenvalue weighted by Gasteiger charge is -2.14. The molecule has 1 aliphatic carbocycles. The Morgan fingerprint density at radius 3 is 2.60 bits per heavy atom. The molecule has 2 nitrogen and oxygen atoms in total. The van der Waals surface area contributed by atoms with Crippen LogP contribution in [0.25, 0.3) is 0 Å². The Morgan fingerprint density at radius 1 is 1.40 bits per heavy atom. The summed E-state index contributed by atoms with van der Waals surface area (Å²) < 4.78 is 0. The Balaban J connectivity index is 1.94. The molecule has 1 N–H and O–H groups in total. The fourth-order valence-corrected chi connectivity index (χ4v) is 1.79. The van der Waals surface area contributed by atoms with Crippen molar-refractivity contribution >= 4 is 5.69 Å². The van der Waals surface area contributed by atoms with Crippen LogP contribution in [0, 0.1) is 17.2 Å². The van der Waals surface area contributed by atoms with Crippen molar-refractivity contribution in [1.29, 1.82) is 5.26 Å². The Morgan fingerprint density at radius 2 is 2.07 bits per heavy atom. The summed E-state index contributed by atoms with van der Waals surface area (Å²) in [5.74, 6) is 0.865. The molecule has 1 aromatic rings. The third kappa shape index (κ3) is 2.73. The lowest BCUT2D eigenvalue weighted by Crippen LogP contribution is -2.16. The second-order valence-electron chi connectivity index (χ2n) is 4.30. The van der Waals surface area contributed by atoms with Gasteiger partial charge >= 0.3 is 0 Å². The number of nitrogens with zero attached hydrogens (tertiary/aromatic N) is 1. The summed E-state index contributed by atoms with van der Waals surface area (Å²) in [4.78, 5) is 0. The van der Waals surface area contributed by atoms with Crippen LogP contribution in [0.4, 0.5) is 5.69 Å². The molecule has 2 heteroatoms. The lowest BCUT2D eigenvalue weighted by molar-refractivity contribution is 0.694. The Labute approximate surface area is 90.9 Å². The van der Waals surface area contributed by atoms with Crippen molar-refractivity contribution in [1.82, 2.24) is 0 Å². The van der Waals surface area contributed by atoms with Crippen LogP contribution in [-0.2, 0) is 6.42 Å². The van der Waals surface area contributed by atoms with Crippen LogP contribution in [0.3, 0.4) is 0 Å². The van der Waals surface area contributed by atoms with E-state index in [1.807, 2.05) is 12.1 Å². The van der Waals surface area contributed by atoms with Crippen molar-refractivity contribution in [3.63, 3.8) is 0 Å². The molecule has 1 aromatic carbocycles. The predicted molar refractivity (Wildman–Crippen MR) is 61.6 cm³/mol. The lowest BCUT2D eigenvalue weighted by atomic mass is 10.1. The van der Waals surface area contributed by atoms with Gasteiger partial charge in [-0.3, -0.25) is 0 Å². The summed E-state index contributed by atoms with van der Waals surface area (Å²) in [6, 6.07) is 10.9. The maximum atomic E-state index is 8.55. The van der Waals surface area contributed by atoms with Gasteiger partial charge in [0.05, 0.1) is 12.5 Å². The van der Waals surface area contributed by atoms with Gasteiger partial charge in [0.15, 0.2) is 0 Å². The first-order valence-electron chi connectivity index (χ1n) is 5.52. The van der Waals surface area contributed by atoms with E-state index in [4.69, 9.17) is 5.26 Å². The number of nitriles is 1. The number of benzene rings is 1. The molecule has 78 valence electrons. The van der Waals surface area contributed by atoms with Gasteiger partial charge in [0.2, 0.25) is 0 Å². The van der Waals surface area contributed by atoms with Crippen molar-refractivity contribution in [2.45, 2.75) is 32.2 Å². The first-order valence-corrected chi connectivity index (χ1v) is 5.52. The Kier molecular flexibility index (Phi) is 2.91. The molecule has 0 spiro atoms. The number of rotatable bonds is 4. The number of hydrogen-bond donors (Lipinski definition) is 1. The molecule has 0 bridgehead atoms. The highest BCUT2D eigenvalue weighted by atomic mass is 14.9. The largest absolute Gasteiger partial charge is 0.382 e. The van der Waals surface area contributed by atoms with Crippen LogP contribution in [0.15, 0.2) is 24.3 Å². The zero-order chi connectivity index (χ0) is 10.7. The topological polar surface area (TPSA) is 35.8 Å². The van der Waals surface area contributed by atoms with Gasteiger partial charge in [0.1, 0.15) is 0 Å². The number of nitrogens with one attached hydrogen (secondary N) is 1. The highest BCUT2D eigenvalue weighted by molar-refractivity contribution is 5.46. The molecule has 1 aliphatic rings. The number of anilines is 1. The van der Waals surface area contributed by atoms with E-state index in [0.29, 0.717) is 12.5 Å². The SMILES string of the molecule is CC(Nc1ccc(CC#N)cc1)C1CC1. The summed E-state index contributed by atoms with van der Waals surface area (Å²) in [5.41, 5.74) is 2.25. The summed E-state index contributed by atoms with van der Waals surface area (Å²) in [6.07, 6.45) is 3.22. The van der Waals surface area contributed by atoms with Crippen molar-refractivity contribution in [3.8, 4) is 6.07 Å². The molecule has 15 heavy (non-hydrogen) atoms. The maximum Gasteiger partial charge on any atom is 0.0669 e. The van der Waals surface area contributed by atoms with Crippen LogP contribution in [-0.4, -0.2) is 6.04 Å². The standard InChI is InChI=1S/C13H16N2/c1-10(12-4-5-12)15-13-6-2-11(3-7-13)8-9-14/h2-3,6-7,10,12,15H,4-5,8H2,1H3. The van der Waals surface area contributed by atoms with Crippen molar-refractivity contribution in [3.05, 3.63) is 29.8 Å². The van der Waals surface area contributed by atoms with Gasteiger partial charge in [-0.1, -0.05) is 12.1 Å². The minimum atomic E-state index is 0.498. The highest BCUT2D eigenvalue weighted by Gasteiger charge is 2.27. The van der Waals surface area contributed by atoms with E-state index in [-0.39, 0.29) is 0 Å². The maximum absolute atomic E-state index is 8.55. The molecule has 0 heterocycles. The first kappa shape index (κ1) is 10.0. The van der Waals surface area contributed by atoms with Gasteiger partial charge < -0.3 is 5.32 Å². The minimum absolute atomic E-state index is 0.498. The smallest absolute Gasteiger partial charge is 0.0669 e. The summed E-state index contributed by atoms with van der Waals surface area (Å²) in [7, 11) is 0. The van der Waals surface area contributed by atoms with Gasteiger partial charge in [-0.2, -0.15) is 5.26 Å². The van der Waals surface area contributed by atoms with Crippen LogP contribution in [0.2, 0.25) is 0 Å². The quantitative estimate of drug-likeness (QED) is 0.811.